The number of anilines is 1. The fourth-order valence-corrected chi connectivity index (χ4v) is 2.49. The van der Waals surface area contributed by atoms with Gasteiger partial charge in [0.25, 0.3) is 0 Å². The number of hydrogen-bond donors (Lipinski definition) is 1. The summed E-state index contributed by atoms with van der Waals surface area (Å²) in [5.41, 5.74) is 1.48. The van der Waals surface area contributed by atoms with Crippen molar-refractivity contribution in [2.75, 3.05) is 5.32 Å². The number of halogens is 1. The summed E-state index contributed by atoms with van der Waals surface area (Å²) in [6, 6.07) is 5.19. The Morgan fingerprint density at radius 2 is 1.90 bits per heavy atom. The molecule has 2 atom stereocenters. The zero-order valence-electron chi connectivity index (χ0n) is 11.1. The highest BCUT2D eigenvalue weighted by Crippen LogP contribution is 2.28. The average Bonchev–Trinajstić information content (AvgIpc) is 2.42. The molecule has 0 heterocycles. The van der Waals surface area contributed by atoms with Crippen LogP contribution >= 0.6 is 11.6 Å². The van der Waals surface area contributed by atoms with Gasteiger partial charge in [0.2, 0.25) is 5.91 Å². The summed E-state index contributed by atoms with van der Waals surface area (Å²) in [4.78, 5) is 23.4. The van der Waals surface area contributed by atoms with Crippen LogP contribution in [0.5, 0.6) is 0 Å². The van der Waals surface area contributed by atoms with Crippen molar-refractivity contribution < 1.29 is 14.7 Å². The number of carbonyl (C=O) groups excluding carboxylic acids is 2. The molecule has 20 heavy (non-hydrogen) atoms. The second-order valence-electron chi connectivity index (χ2n) is 4.92. The van der Waals surface area contributed by atoms with E-state index in [1.807, 2.05) is 13.0 Å². The molecule has 0 saturated heterocycles. The van der Waals surface area contributed by atoms with E-state index in [2.05, 4.69) is 5.32 Å². The Bertz CT molecular complexity index is 568. The lowest BCUT2D eigenvalue weighted by Gasteiger charge is -2.28. The maximum atomic E-state index is 12.3. The normalized spacial score (nSPS) is 21.5. The predicted molar refractivity (Wildman–Crippen MR) is 75.2 cm³/mol. The summed E-state index contributed by atoms with van der Waals surface area (Å²) in [7, 11) is 0. The van der Waals surface area contributed by atoms with E-state index in [0.717, 1.165) is 5.56 Å². The molecule has 1 N–H and O–H groups in total. The highest BCUT2D eigenvalue weighted by Gasteiger charge is 2.29. The van der Waals surface area contributed by atoms with Gasteiger partial charge in [-0.1, -0.05) is 29.8 Å². The molecule has 0 unspecified atom stereocenters. The van der Waals surface area contributed by atoms with E-state index in [4.69, 9.17) is 11.6 Å². The Morgan fingerprint density at radius 1 is 1.25 bits per heavy atom. The van der Waals surface area contributed by atoms with Gasteiger partial charge in [-0.05, 0) is 37.5 Å². The molecule has 0 fully saturated rings. The number of carboxylic acids is 1. The van der Waals surface area contributed by atoms with Crippen LogP contribution in [0.25, 0.3) is 0 Å². The summed E-state index contributed by atoms with van der Waals surface area (Å²) in [5, 5.41) is 14.4. The van der Waals surface area contributed by atoms with Gasteiger partial charge in [-0.3, -0.25) is 4.79 Å². The first-order valence-corrected chi connectivity index (χ1v) is 6.79. The third-order valence-electron chi connectivity index (χ3n) is 3.53. The molecule has 4 nitrogen and oxygen atoms in total. The highest BCUT2D eigenvalue weighted by molar-refractivity contribution is 6.31. The second-order valence-corrected chi connectivity index (χ2v) is 5.36. The molecule has 106 valence electrons. The van der Waals surface area contributed by atoms with E-state index < -0.39 is 17.8 Å². The molecule has 1 aromatic rings. The number of nitrogens with one attached hydrogen (secondary N) is 1. The first-order valence-electron chi connectivity index (χ1n) is 6.42. The van der Waals surface area contributed by atoms with Crippen LogP contribution in [0.2, 0.25) is 5.02 Å². The standard InChI is InChI=1S/C15H16ClNO3/c1-9-6-7-10(16)8-13(9)17-14(18)11-4-2-3-5-12(11)15(19)20/h2-3,6-8,11-12H,4-5H2,1H3,(H,17,18)(H,19,20)/p-1/t11-,12-/m0/s1. The van der Waals surface area contributed by atoms with Crippen LogP contribution in [0.4, 0.5) is 5.69 Å². The number of hydrogen-bond acceptors (Lipinski definition) is 3. The van der Waals surface area contributed by atoms with Gasteiger partial charge < -0.3 is 15.2 Å². The van der Waals surface area contributed by atoms with Gasteiger partial charge >= 0.3 is 0 Å². The van der Waals surface area contributed by atoms with E-state index in [9.17, 15) is 14.7 Å². The van der Waals surface area contributed by atoms with Gasteiger partial charge in [0, 0.05) is 22.6 Å². The minimum atomic E-state index is -1.18. The van der Waals surface area contributed by atoms with Crippen LogP contribution in [0.15, 0.2) is 30.4 Å². The summed E-state index contributed by atoms with van der Waals surface area (Å²) >= 11 is 5.90. The Balaban J connectivity index is 2.16. The van der Waals surface area contributed by atoms with Crippen molar-refractivity contribution in [1.82, 2.24) is 0 Å². The van der Waals surface area contributed by atoms with Crippen LogP contribution < -0.4 is 10.4 Å². The van der Waals surface area contributed by atoms with Gasteiger partial charge in [-0.2, -0.15) is 0 Å². The van der Waals surface area contributed by atoms with E-state index in [1.165, 1.54) is 0 Å². The zero-order valence-corrected chi connectivity index (χ0v) is 11.8. The smallest absolute Gasteiger partial charge is 0.228 e. The lowest BCUT2D eigenvalue weighted by Crippen LogP contribution is -2.41. The molecule has 0 bridgehead atoms. The number of allylic oxidation sites excluding steroid dienone is 2. The fraction of sp³-hybridized carbons (Fsp3) is 0.333. The van der Waals surface area contributed by atoms with Gasteiger partial charge in [0.15, 0.2) is 0 Å². The molecule has 0 saturated carbocycles. The van der Waals surface area contributed by atoms with Crippen molar-refractivity contribution in [3.05, 3.63) is 40.9 Å². The quantitative estimate of drug-likeness (QED) is 0.865. The average molecular weight is 293 g/mol. The molecule has 1 amide bonds. The summed E-state index contributed by atoms with van der Waals surface area (Å²) in [6.07, 6.45) is 4.34. The topological polar surface area (TPSA) is 69.2 Å². The predicted octanol–water partition coefficient (Wildman–Crippen LogP) is 1.92. The van der Waals surface area contributed by atoms with Gasteiger partial charge in [-0.15, -0.1) is 0 Å². The fourth-order valence-electron chi connectivity index (χ4n) is 2.32. The number of carbonyl (C=O) groups is 2. The van der Waals surface area contributed by atoms with E-state index >= 15 is 0 Å². The molecule has 0 spiro atoms. The SMILES string of the molecule is Cc1ccc(Cl)cc1NC(=O)[C@H]1CC=CC[C@@H]1C(=O)[O-]. The number of rotatable bonds is 3. The summed E-state index contributed by atoms with van der Waals surface area (Å²) in [5.74, 6) is -2.88. The van der Waals surface area contributed by atoms with E-state index in [-0.39, 0.29) is 5.91 Å². The number of aliphatic carboxylic acids is 1. The van der Waals surface area contributed by atoms with Crippen molar-refractivity contribution in [2.45, 2.75) is 19.8 Å². The van der Waals surface area contributed by atoms with Crippen molar-refractivity contribution in [2.24, 2.45) is 11.8 Å². The molecule has 5 heteroatoms. The summed E-state index contributed by atoms with van der Waals surface area (Å²) < 4.78 is 0. The Morgan fingerprint density at radius 3 is 2.55 bits per heavy atom. The zero-order chi connectivity index (χ0) is 14.7. The van der Waals surface area contributed by atoms with Crippen LogP contribution in [0, 0.1) is 18.8 Å². The van der Waals surface area contributed by atoms with Crippen LogP contribution in [-0.4, -0.2) is 11.9 Å². The lowest BCUT2D eigenvalue weighted by molar-refractivity contribution is -0.313. The molecule has 1 aliphatic carbocycles. The maximum absolute atomic E-state index is 12.3. The molecule has 0 radical (unpaired) electrons. The van der Waals surface area contributed by atoms with Gasteiger partial charge in [-0.25, -0.2) is 0 Å². The lowest BCUT2D eigenvalue weighted by atomic mass is 9.82. The Labute approximate surface area is 122 Å². The third kappa shape index (κ3) is 3.20. The van der Waals surface area contributed by atoms with Crippen molar-refractivity contribution in [1.29, 1.82) is 0 Å². The van der Waals surface area contributed by atoms with E-state index in [0.29, 0.717) is 23.6 Å². The van der Waals surface area contributed by atoms with Crippen LogP contribution in [-0.2, 0) is 9.59 Å². The molecular formula is C15H15ClNO3-. The van der Waals surface area contributed by atoms with Crippen molar-refractivity contribution in [3.63, 3.8) is 0 Å². The largest absolute Gasteiger partial charge is 0.550 e. The first kappa shape index (κ1) is 14.6. The monoisotopic (exact) mass is 292 g/mol. The number of aryl methyl sites for hydroxylation is 1. The molecule has 1 aromatic carbocycles. The number of benzene rings is 1. The first-order chi connectivity index (χ1) is 9.49. The molecule has 2 rings (SSSR count). The van der Waals surface area contributed by atoms with E-state index in [1.54, 1.807) is 24.3 Å². The third-order valence-corrected chi connectivity index (χ3v) is 3.76. The molecule has 0 aromatic heterocycles. The van der Waals surface area contributed by atoms with Gasteiger partial charge in [0.05, 0.1) is 5.92 Å². The van der Waals surface area contributed by atoms with Crippen LogP contribution in [0.1, 0.15) is 18.4 Å². The second kappa shape index (κ2) is 6.09. The van der Waals surface area contributed by atoms with Gasteiger partial charge in [0.1, 0.15) is 0 Å². The Kier molecular flexibility index (Phi) is 4.45. The number of amides is 1. The number of carboxylic acid groups (broad SMARTS) is 1. The molecule has 1 aliphatic rings. The summed E-state index contributed by atoms with van der Waals surface area (Å²) in [6.45, 7) is 1.85. The maximum Gasteiger partial charge on any atom is 0.228 e. The Hall–Kier alpha value is -1.81. The minimum absolute atomic E-state index is 0.311. The van der Waals surface area contributed by atoms with Crippen LogP contribution in [0.3, 0.4) is 0 Å². The van der Waals surface area contributed by atoms with Crippen molar-refractivity contribution >= 4 is 29.2 Å². The highest BCUT2D eigenvalue weighted by atomic mass is 35.5. The minimum Gasteiger partial charge on any atom is -0.550 e. The molecular weight excluding hydrogens is 278 g/mol. The van der Waals surface area contributed by atoms with Crippen molar-refractivity contribution in [3.8, 4) is 0 Å². The molecule has 0 aliphatic heterocycles.